The Morgan fingerprint density at radius 3 is 3.00 bits per heavy atom. The molecule has 0 bridgehead atoms. The minimum absolute atomic E-state index is 0.260. The van der Waals surface area contributed by atoms with Crippen molar-refractivity contribution in [3.8, 4) is 0 Å². The molecule has 0 aliphatic carbocycles. The Morgan fingerprint density at radius 2 is 2.25 bits per heavy atom. The third kappa shape index (κ3) is 3.89. The summed E-state index contributed by atoms with van der Waals surface area (Å²) in [6, 6.07) is 4.92. The van der Waals surface area contributed by atoms with Gasteiger partial charge in [-0.2, -0.15) is 0 Å². The van der Waals surface area contributed by atoms with Crippen LogP contribution in [0.2, 0.25) is 0 Å². The monoisotopic (exact) mass is 364 g/mol. The number of aromatic nitrogens is 5. The summed E-state index contributed by atoms with van der Waals surface area (Å²) in [5, 5.41) is 21.5. The molecule has 0 amide bonds. The van der Waals surface area contributed by atoms with Crippen LogP contribution in [0.15, 0.2) is 27.7 Å². The fourth-order valence-corrected chi connectivity index (χ4v) is 4.11. The van der Waals surface area contributed by atoms with E-state index in [1.807, 2.05) is 14.1 Å². The van der Waals surface area contributed by atoms with E-state index in [2.05, 4.69) is 25.4 Å². The van der Waals surface area contributed by atoms with Gasteiger partial charge in [0.25, 0.3) is 0 Å². The molecule has 0 spiro atoms. The summed E-state index contributed by atoms with van der Waals surface area (Å²) in [6.07, 6.45) is 0.952. The Bertz CT molecular complexity index is 860. The lowest BCUT2D eigenvalue weighted by Crippen LogP contribution is -2.15. The topological polar surface area (TPSA) is 97.0 Å². The molecule has 0 saturated heterocycles. The normalized spacial score (nSPS) is 11.5. The molecule has 10 heteroatoms. The van der Waals surface area contributed by atoms with Gasteiger partial charge < -0.3 is 10.0 Å². The summed E-state index contributed by atoms with van der Waals surface area (Å²) >= 11 is 2.83. The number of carboxylic acids is 1. The van der Waals surface area contributed by atoms with Crippen molar-refractivity contribution in [1.82, 2.24) is 30.1 Å². The van der Waals surface area contributed by atoms with E-state index in [0.717, 1.165) is 34.1 Å². The van der Waals surface area contributed by atoms with Gasteiger partial charge in [0.2, 0.25) is 5.16 Å². The Kier molecular flexibility index (Phi) is 5.07. The fourth-order valence-electron chi connectivity index (χ4n) is 2.10. The molecule has 2 aromatic heterocycles. The SMILES string of the molecule is CN(C)CCCn1nnnc1Sc1nc2ccc(C(=O)O)cc2s1. The van der Waals surface area contributed by atoms with Crippen molar-refractivity contribution in [3.63, 3.8) is 0 Å². The molecule has 24 heavy (non-hydrogen) atoms. The number of aromatic carboxylic acids is 1. The standard InChI is InChI=1S/C14H16N6O2S2/c1-19(2)6-3-7-20-13(16-17-18-20)24-14-15-10-5-4-9(12(21)22)8-11(10)23-14/h4-5,8H,3,6-7H2,1-2H3,(H,21,22). The number of aryl methyl sites for hydroxylation is 1. The highest BCUT2D eigenvalue weighted by atomic mass is 32.2. The van der Waals surface area contributed by atoms with Gasteiger partial charge in [0.1, 0.15) is 0 Å². The molecule has 3 aromatic rings. The van der Waals surface area contributed by atoms with E-state index in [4.69, 9.17) is 5.11 Å². The Balaban J connectivity index is 1.75. The van der Waals surface area contributed by atoms with Crippen LogP contribution in [-0.4, -0.2) is 61.8 Å². The minimum Gasteiger partial charge on any atom is -0.478 e. The molecule has 0 fully saturated rings. The maximum Gasteiger partial charge on any atom is 0.335 e. The lowest BCUT2D eigenvalue weighted by atomic mass is 10.2. The number of hydrogen-bond acceptors (Lipinski definition) is 8. The van der Waals surface area contributed by atoms with Crippen LogP contribution in [-0.2, 0) is 6.54 Å². The average Bonchev–Trinajstić information content (AvgIpc) is 3.12. The molecule has 0 aliphatic heterocycles. The molecule has 126 valence electrons. The van der Waals surface area contributed by atoms with Gasteiger partial charge in [0, 0.05) is 6.54 Å². The summed E-state index contributed by atoms with van der Waals surface area (Å²) in [6.45, 7) is 1.70. The van der Waals surface area contributed by atoms with Crippen LogP contribution in [0.4, 0.5) is 0 Å². The van der Waals surface area contributed by atoms with Gasteiger partial charge in [-0.25, -0.2) is 14.5 Å². The largest absolute Gasteiger partial charge is 0.478 e. The van der Waals surface area contributed by atoms with Crippen molar-refractivity contribution in [2.75, 3.05) is 20.6 Å². The first-order valence-electron chi connectivity index (χ1n) is 7.25. The zero-order chi connectivity index (χ0) is 17.1. The average molecular weight is 364 g/mol. The molecule has 8 nitrogen and oxygen atoms in total. The lowest BCUT2D eigenvalue weighted by molar-refractivity contribution is 0.0697. The molecule has 0 unspecified atom stereocenters. The van der Waals surface area contributed by atoms with Gasteiger partial charge in [-0.1, -0.05) is 0 Å². The first-order chi connectivity index (χ1) is 11.5. The van der Waals surface area contributed by atoms with E-state index in [1.54, 1.807) is 22.9 Å². The second-order valence-corrected chi connectivity index (χ2v) is 7.66. The Labute approximate surface area is 146 Å². The number of carbonyl (C=O) groups is 1. The van der Waals surface area contributed by atoms with Crippen LogP contribution >= 0.6 is 23.1 Å². The fraction of sp³-hybridized carbons (Fsp3) is 0.357. The van der Waals surface area contributed by atoms with E-state index >= 15 is 0 Å². The van der Waals surface area contributed by atoms with Gasteiger partial charge in [-0.05, 0) is 67.4 Å². The smallest absolute Gasteiger partial charge is 0.335 e. The second kappa shape index (κ2) is 7.24. The van der Waals surface area contributed by atoms with E-state index < -0.39 is 5.97 Å². The maximum atomic E-state index is 11.0. The lowest BCUT2D eigenvalue weighted by Gasteiger charge is -2.08. The molecule has 0 aliphatic rings. The van der Waals surface area contributed by atoms with Gasteiger partial charge in [-0.15, -0.1) is 16.4 Å². The molecule has 0 saturated carbocycles. The highest BCUT2D eigenvalue weighted by Gasteiger charge is 2.13. The maximum absolute atomic E-state index is 11.0. The minimum atomic E-state index is -0.940. The number of carboxylic acid groups (broad SMARTS) is 1. The number of nitrogens with zero attached hydrogens (tertiary/aromatic N) is 6. The highest BCUT2D eigenvalue weighted by molar-refractivity contribution is 8.01. The number of tetrazole rings is 1. The van der Waals surface area contributed by atoms with Gasteiger partial charge in [0.05, 0.1) is 15.8 Å². The zero-order valence-electron chi connectivity index (χ0n) is 13.2. The molecule has 3 rings (SSSR count). The zero-order valence-corrected chi connectivity index (χ0v) is 14.8. The van der Waals surface area contributed by atoms with Crippen molar-refractivity contribution < 1.29 is 9.90 Å². The van der Waals surface area contributed by atoms with Crippen molar-refractivity contribution in [2.45, 2.75) is 22.5 Å². The van der Waals surface area contributed by atoms with Crippen LogP contribution in [0.3, 0.4) is 0 Å². The van der Waals surface area contributed by atoms with Gasteiger partial charge in [0.15, 0.2) is 4.34 Å². The number of thiazole rings is 1. The molecule has 0 atom stereocenters. The molecule has 0 radical (unpaired) electrons. The highest BCUT2D eigenvalue weighted by Crippen LogP contribution is 2.33. The van der Waals surface area contributed by atoms with Crippen LogP contribution in [0, 0.1) is 0 Å². The van der Waals surface area contributed by atoms with E-state index in [9.17, 15) is 4.79 Å². The molecular formula is C14H16N6O2S2. The third-order valence-corrected chi connectivity index (χ3v) is 5.32. The van der Waals surface area contributed by atoms with Crippen LogP contribution in [0.25, 0.3) is 10.2 Å². The van der Waals surface area contributed by atoms with Crippen LogP contribution in [0.1, 0.15) is 16.8 Å². The van der Waals surface area contributed by atoms with E-state index in [1.165, 1.54) is 23.1 Å². The first-order valence-corrected chi connectivity index (χ1v) is 8.89. The summed E-state index contributed by atoms with van der Waals surface area (Å²) in [5.41, 5.74) is 1.04. The van der Waals surface area contributed by atoms with Crippen LogP contribution < -0.4 is 0 Å². The Hall–Kier alpha value is -2.04. The predicted octanol–water partition coefficient (Wildman–Crippen LogP) is 2.08. The molecular weight excluding hydrogens is 348 g/mol. The molecule has 2 heterocycles. The summed E-state index contributed by atoms with van der Waals surface area (Å²) in [5.74, 6) is -0.940. The number of rotatable bonds is 7. The van der Waals surface area contributed by atoms with Crippen molar-refractivity contribution >= 4 is 39.3 Å². The van der Waals surface area contributed by atoms with Crippen molar-refractivity contribution in [2.24, 2.45) is 0 Å². The summed E-state index contributed by atoms with van der Waals surface area (Å²) in [4.78, 5) is 17.7. The third-order valence-electron chi connectivity index (χ3n) is 3.27. The first kappa shape index (κ1) is 16.8. The Morgan fingerprint density at radius 1 is 1.42 bits per heavy atom. The number of hydrogen-bond donors (Lipinski definition) is 1. The predicted molar refractivity (Wildman–Crippen MR) is 91.7 cm³/mol. The summed E-state index contributed by atoms with van der Waals surface area (Å²) in [7, 11) is 4.06. The van der Waals surface area contributed by atoms with Gasteiger partial charge >= 0.3 is 5.97 Å². The van der Waals surface area contributed by atoms with Crippen molar-refractivity contribution in [1.29, 1.82) is 0 Å². The van der Waals surface area contributed by atoms with Gasteiger partial charge in [-0.3, -0.25) is 0 Å². The van der Waals surface area contributed by atoms with Crippen LogP contribution in [0.5, 0.6) is 0 Å². The van der Waals surface area contributed by atoms with E-state index in [-0.39, 0.29) is 5.56 Å². The number of fused-ring (bicyclic) bond motifs is 1. The van der Waals surface area contributed by atoms with Crippen molar-refractivity contribution in [3.05, 3.63) is 23.8 Å². The van der Waals surface area contributed by atoms with E-state index in [0.29, 0.717) is 5.16 Å². The summed E-state index contributed by atoms with van der Waals surface area (Å²) < 4.78 is 3.39. The second-order valence-electron chi connectivity index (χ2n) is 5.41. The molecule has 1 aromatic carbocycles. The molecule has 1 N–H and O–H groups in total. The number of benzene rings is 1. The quantitative estimate of drug-likeness (QED) is 0.681.